The standard InChI is InChI=1S/C14H12Cl2N4O4S/c1-25(23,24)20(11-5-2-9(15)3-6-11)14(22)19-13(21)18-12-7-4-10(16)8-17-12/h2-8H,1H3,(H2,17,18,19,21,22). The van der Waals surface area contributed by atoms with Crippen LogP contribution in [0.25, 0.3) is 0 Å². The molecule has 0 saturated heterocycles. The number of halogens is 2. The maximum atomic E-state index is 12.2. The molecule has 11 heteroatoms. The number of hydrogen-bond acceptors (Lipinski definition) is 5. The molecule has 0 bridgehead atoms. The molecule has 0 fully saturated rings. The lowest BCUT2D eigenvalue weighted by Gasteiger charge is -2.20. The Bertz CT molecular complexity index is 886. The number of rotatable bonds is 3. The Labute approximate surface area is 153 Å². The number of amides is 4. The van der Waals surface area contributed by atoms with Crippen molar-refractivity contribution in [3.05, 3.63) is 52.6 Å². The van der Waals surface area contributed by atoms with Crippen LogP contribution in [0.2, 0.25) is 10.0 Å². The molecule has 132 valence electrons. The second kappa shape index (κ2) is 7.68. The summed E-state index contributed by atoms with van der Waals surface area (Å²) in [7, 11) is -3.99. The van der Waals surface area contributed by atoms with Crippen LogP contribution in [0.15, 0.2) is 42.6 Å². The summed E-state index contributed by atoms with van der Waals surface area (Å²) in [6.45, 7) is 0. The maximum Gasteiger partial charge on any atom is 0.343 e. The lowest BCUT2D eigenvalue weighted by atomic mass is 10.3. The minimum atomic E-state index is -3.99. The van der Waals surface area contributed by atoms with Crippen molar-refractivity contribution in [1.29, 1.82) is 0 Å². The topological polar surface area (TPSA) is 108 Å². The van der Waals surface area contributed by atoms with E-state index in [-0.39, 0.29) is 11.5 Å². The Morgan fingerprint density at radius 2 is 1.64 bits per heavy atom. The molecule has 25 heavy (non-hydrogen) atoms. The molecule has 0 aliphatic rings. The molecule has 2 rings (SSSR count). The van der Waals surface area contributed by atoms with Gasteiger partial charge in [0.05, 0.1) is 17.0 Å². The number of benzene rings is 1. The van der Waals surface area contributed by atoms with Crippen molar-refractivity contribution in [3.8, 4) is 0 Å². The number of urea groups is 2. The quantitative estimate of drug-likeness (QED) is 0.819. The van der Waals surface area contributed by atoms with E-state index in [2.05, 4.69) is 10.3 Å². The second-order valence-corrected chi connectivity index (χ2v) is 7.45. The van der Waals surface area contributed by atoms with Crippen LogP contribution in [-0.4, -0.2) is 31.7 Å². The lowest BCUT2D eigenvalue weighted by Crippen LogP contribution is -2.47. The molecular weight excluding hydrogens is 391 g/mol. The van der Waals surface area contributed by atoms with Gasteiger partial charge >= 0.3 is 12.1 Å². The van der Waals surface area contributed by atoms with E-state index in [9.17, 15) is 18.0 Å². The Morgan fingerprint density at radius 3 is 2.16 bits per heavy atom. The minimum absolute atomic E-state index is 0.0295. The highest BCUT2D eigenvalue weighted by molar-refractivity contribution is 7.92. The highest BCUT2D eigenvalue weighted by Crippen LogP contribution is 2.20. The van der Waals surface area contributed by atoms with Crippen molar-refractivity contribution >= 4 is 56.8 Å². The number of nitrogens with one attached hydrogen (secondary N) is 2. The van der Waals surface area contributed by atoms with Gasteiger partial charge < -0.3 is 0 Å². The summed E-state index contributed by atoms with van der Waals surface area (Å²) in [6, 6.07) is 6.30. The third kappa shape index (κ3) is 5.31. The largest absolute Gasteiger partial charge is 0.343 e. The highest BCUT2D eigenvalue weighted by Gasteiger charge is 2.27. The SMILES string of the molecule is CS(=O)(=O)N(C(=O)NC(=O)Nc1ccc(Cl)cn1)c1ccc(Cl)cc1. The van der Waals surface area contributed by atoms with E-state index in [1.165, 1.54) is 42.6 Å². The van der Waals surface area contributed by atoms with E-state index in [1.807, 2.05) is 5.32 Å². The molecular formula is C14H12Cl2N4O4S. The summed E-state index contributed by atoms with van der Waals surface area (Å²) < 4.78 is 24.3. The zero-order valence-electron chi connectivity index (χ0n) is 12.7. The van der Waals surface area contributed by atoms with E-state index in [0.717, 1.165) is 6.26 Å². The molecule has 0 aliphatic heterocycles. The smallest absolute Gasteiger partial charge is 0.292 e. The predicted molar refractivity (Wildman–Crippen MR) is 95.6 cm³/mol. The first kappa shape index (κ1) is 19.0. The van der Waals surface area contributed by atoms with Crippen molar-refractivity contribution in [3.63, 3.8) is 0 Å². The van der Waals surface area contributed by atoms with Crippen LogP contribution in [0.4, 0.5) is 21.1 Å². The number of hydrogen-bond donors (Lipinski definition) is 2. The molecule has 0 saturated carbocycles. The van der Waals surface area contributed by atoms with Gasteiger partial charge in [0.2, 0.25) is 10.0 Å². The van der Waals surface area contributed by atoms with Gasteiger partial charge in [-0.2, -0.15) is 4.31 Å². The number of carbonyl (C=O) groups is 2. The van der Waals surface area contributed by atoms with Crippen LogP contribution < -0.4 is 14.9 Å². The monoisotopic (exact) mass is 402 g/mol. The fourth-order valence-corrected chi connectivity index (χ4v) is 2.87. The van der Waals surface area contributed by atoms with E-state index in [1.54, 1.807) is 0 Å². The molecule has 0 spiro atoms. The van der Waals surface area contributed by atoms with Crippen LogP contribution in [0, 0.1) is 0 Å². The number of anilines is 2. The molecule has 4 amide bonds. The average molecular weight is 403 g/mol. The molecule has 0 atom stereocenters. The number of carbonyl (C=O) groups excluding carboxylic acids is 2. The summed E-state index contributed by atoms with van der Waals surface area (Å²) in [6.07, 6.45) is 2.13. The third-order valence-corrected chi connectivity index (χ3v) is 4.28. The van der Waals surface area contributed by atoms with Gasteiger partial charge in [0.15, 0.2) is 0 Å². The van der Waals surface area contributed by atoms with Gasteiger partial charge in [0.1, 0.15) is 5.82 Å². The fraction of sp³-hybridized carbons (Fsp3) is 0.0714. The molecule has 0 aliphatic carbocycles. The first-order chi connectivity index (χ1) is 11.7. The van der Waals surface area contributed by atoms with Crippen molar-refractivity contribution in [2.45, 2.75) is 0 Å². The van der Waals surface area contributed by atoms with E-state index in [4.69, 9.17) is 23.2 Å². The highest BCUT2D eigenvalue weighted by atomic mass is 35.5. The summed E-state index contributed by atoms with van der Waals surface area (Å²) in [5.74, 6) is 0.132. The van der Waals surface area contributed by atoms with Gasteiger partial charge in [0.25, 0.3) is 0 Å². The minimum Gasteiger partial charge on any atom is -0.292 e. The van der Waals surface area contributed by atoms with Gasteiger partial charge in [-0.3, -0.25) is 10.6 Å². The Balaban J connectivity index is 2.15. The van der Waals surface area contributed by atoms with Gasteiger partial charge in [-0.25, -0.2) is 23.0 Å². The Hall–Kier alpha value is -2.36. The maximum absolute atomic E-state index is 12.2. The fourth-order valence-electron chi connectivity index (χ4n) is 1.78. The molecule has 2 aromatic rings. The molecule has 0 radical (unpaired) electrons. The summed E-state index contributed by atoms with van der Waals surface area (Å²) in [5, 5.41) is 4.93. The van der Waals surface area contributed by atoms with E-state index in [0.29, 0.717) is 14.4 Å². The number of imide groups is 1. The van der Waals surface area contributed by atoms with Crippen molar-refractivity contribution < 1.29 is 18.0 Å². The molecule has 1 aromatic carbocycles. The van der Waals surface area contributed by atoms with Crippen molar-refractivity contribution in [1.82, 2.24) is 10.3 Å². The van der Waals surface area contributed by atoms with Gasteiger partial charge in [0, 0.05) is 11.2 Å². The molecule has 1 aromatic heterocycles. The van der Waals surface area contributed by atoms with E-state index < -0.39 is 22.1 Å². The number of nitrogens with zero attached hydrogens (tertiary/aromatic N) is 2. The zero-order chi connectivity index (χ0) is 18.6. The predicted octanol–water partition coefficient (Wildman–Crippen LogP) is 3.10. The lowest BCUT2D eigenvalue weighted by molar-refractivity contribution is 0.238. The zero-order valence-corrected chi connectivity index (χ0v) is 15.1. The Kier molecular flexibility index (Phi) is 5.83. The van der Waals surface area contributed by atoms with Crippen LogP contribution in [-0.2, 0) is 10.0 Å². The molecule has 0 unspecified atom stereocenters. The van der Waals surface area contributed by atoms with Crippen LogP contribution >= 0.6 is 23.2 Å². The van der Waals surface area contributed by atoms with E-state index >= 15 is 0 Å². The number of aromatic nitrogens is 1. The van der Waals surface area contributed by atoms with Gasteiger partial charge in [-0.1, -0.05) is 23.2 Å². The van der Waals surface area contributed by atoms with Gasteiger partial charge in [-0.05, 0) is 36.4 Å². The average Bonchev–Trinajstić information content (AvgIpc) is 2.50. The van der Waals surface area contributed by atoms with Crippen LogP contribution in [0.5, 0.6) is 0 Å². The third-order valence-electron chi connectivity index (χ3n) is 2.77. The first-order valence-corrected chi connectivity index (χ1v) is 9.26. The molecule has 8 nitrogen and oxygen atoms in total. The van der Waals surface area contributed by atoms with Crippen molar-refractivity contribution in [2.24, 2.45) is 0 Å². The second-order valence-electron chi connectivity index (χ2n) is 4.75. The Morgan fingerprint density at radius 1 is 1.04 bits per heavy atom. The van der Waals surface area contributed by atoms with Crippen LogP contribution in [0.1, 0.15) is 0 Å². The normalized spacial score (nSPS) is 10.8. The summed E-state index contributed by atoms with van der Waals surface area (Å²) >= 11 is 11.4. The van der Waals surface area contributed by atoms with Crippen molar-refractivity contribution in [2.75, 3.05) is 15.9 Å². The molecule has 2 N–H and O–H groups in total. The first-order valence-electron chi connectivity index (χ1n) is 6.66. The van der Waals surface area contributed by atoms with Gasteiger partial charge in [-0.15, -0.1) is 0 Å². The van der Waals surface area contributed by atoms with Crippen LogP contribution in [0.3, 0.4) is 0 Å². The summed E-state index contributed by atoms with van der Waals surface area (Å²) in [5.41, 5.74) is 0.0295. The number of sulfonamides is 1. The number of pyridine rings is 1. The summed E-state index contributed by atoms with van der Waals surface area (Å²) in [4.78, 5) is 27.9. The molecule has 1 heterocycles.